The number of ether oxygens (including phenoxy) is 2. The van der Waals surface area contributed by atoms with Crippen molar-refractivity contribution in [1.29, 1.82) is 0 Å². The van der Waals surface area contributed by atoms with Crippen LogP contribution in [0.25, 0.3) is 23.1 Å². The zero-order chi connectivity index (χ0) is 28.3. The Balaban J connectivity index is 1.39. The van der Waals surface area contributed by atoms with Crippen molar-refractivity contribution in [3.63, 3.8) is 0 Å². The summed E-state index contributed by atoms with van der Waals surface area (Å²) in [6.45, 7) is 3.13. The highest BCUT2D eigenvalue weighted by atomic mass is 16.5. The number of carboxylic acid groups (broad SMARTS) is 2. The molecule has 0 spiro atoms. The van der Waals surface area contributed by atoms with E-state index < -0.39 is 11.9 Å². The number of aliphatic carboxylic acids is 2. The minimum absolute atomic E-state index is 0.0763. The second kappa shape index (κ2) is 14.0. The summed E-state index contributed by atoms with van der Waals surface area (Å²) in [6.07, 6.45) is 8.78. The quantitative estimate of drug-likeness (QED) is 0.126. The maximum absolute atomic E-state index is 11.5. The van der Waals surface area contributed by atoms with Crippen LogP contribution in [0.15, 0.2) is 72.9 Å². The van der Waals surface area contributed by atoms with Gasteiger partial charge < -0.3 is 24.3 Å². The first kappa shape index (κ1) is 28.5. The molecule has 0 radical (unpaired) electrons. The fourth-order valence-electron chi connectivity index (χ4n) is 4.71. The topological polar surface area (TPSA) is 98.0 Å². The molecule has 0 saturated carbocycles. The molecule has 208 valence electrons. The Bertz CT molecular complexity index is 1470. The lowest BCUT2D eigenvalue weighted by molar-refractivity contribution is -0.138. The number of hydrogen-bond donors (Lipinski definition) is 2. The molecule has 40 heavy (non-hydrogen) atoms. The Morgan fingerprint density at radius 2 is 1.62 bits per heavy atom. The fourth-order valence-corrected chi connectivity index (χ4v) is 4.71. The van der Waals surface area contributed by atoms with Gasteiger partial charge in [-0.3, -0.25) is 9.59 Å². The molecule has 3 aromatic carbocycles. The van der Waals surface area contributed by atoms with Gasteiger partial charge in [0.15, 0.2) is 0 Å². The van der Waals surface area contributed by atoms with Crippen LogP contribution in [0, 0.1) is 6.92 Å². The zero-order valence-electron chi connectivity index (χ0n) is 22.7. The van der Waals surface area contributed by atoms with Crippen LogP contribution < -0.4 is 9.47 Å². The monoisotopic (exact) mass is 541 g/mol. The van der Waals surface area contributed by atoms with Crippen LogP contribution in [0.2, 0.25) is 0 Å². The van der Waals surface area contributed by atoms with Crippen LogP contribution in [0.4, 0.5) is 0 Å². The number of carbonyl (C=O) groups is 2. The number of carboxylic acids is 2. The smallest absolute Gasteiger partial charge is 0.323 e. The van der Waals surface area contributed by atoms with Crippen molar-refractivity contribution in [3.05, 3.63) is 95.2 Å². The summed E-state index contributed by atoms with van der Waals surface area (Å²) in [6, 6.07) is 21.7. The summed E-state index contributed by atoms with van der Waals surface area (Å²) in [5.41, 5.74) is 4.74. The summed E-state index contributed by atoms with van der Waals surface area (Å²) in [4.78, 5) is 22.5. The Labute approximate surface area is 234 Å². The van der Waals surface area contributed by atoms with Gasteiger partial charge in [0.1, 0.15) is 18.0 Å². The predicted molar refractivity (Wildman–Crippen MR) is 157 cm³/mol. The summed E-state index contributed by atoms with van der Waals surface area (Å²) in [7, 11) is 0. The molecule has 1 aromatic heterocycles. The molecule has 7 nitrogen and oxygen atoms in total. The van der Waals surface area contributed by atoms with Gasteiger partial charge in [0.05, 0.1) is 18.7 Å². The maximum atomic E-state index is 11.5. The van der Waals surface area contributed by atoms with Crippen LogP contribution in [-0.4, -0.2) is 39.9 Å². The summed E-state index contributed by atoms with van der Waals surface area (Å²) < 4.78 is 13.5. The number of benzene rings is 3. The van der Waals surface area contributed by atoms with E-state index in [0.717, 1.165) is 57.5 Å². The Kier molecular flexibility index (Phi) is 9.99. The van der Waals surface area contributed by atoms with E-state index in [2.05, 4.69) is 6.07 Å². The molecule has 4 rings (SSSR count). The van der Waals surface area contributed by atoms with E-state index in [4.69, 9.17) is 14.6 Å². The third kappa shape index (κ3) is 7.99. The lowest BCUT2D eigenvalue weighted by Crippen LogP contribution is -2.07. The number of fused-ring (bicyclic) bond motifs is 1. The molecule has 0 amide bonds. The first-order chi connectivity index (χ1) is 19.4. The molecule has 0 unspecified atom stereocenters. The van der Waals surface area contributed by atoms with Crippen molar-refractivity contribution in [2.24, 2.45) is 0 Å². The minimum atomic E-state index is -0.928. The van der Waals surface area contributed by atoms with Crippen molar-refractivity contribution in [2.45, 2.75) is 45.6 Å². The Morgan fingerprint density at radius 1 is 0.850 bits per heavy atom. The summed E-state index contributed by atoms with van der Waals surface area (Å²) in [5.74, 6) is -0.0317. The highest BCUT2D eigenvalue weighted by Crippen LogP contribution is 2.28. The van der Waals surface area contributed by atoms with Crippen LogP contribution in [-0.2, 0) is 22.6 Å². The van der Waals surface area contributed by atoms with Crippen molar-refractivity contribution in [1.82, 2.24) is 4.57 Å². The Hall–Kier alpha value is -4.52. The lowest BCUT2D eigenvalue weighted by Gasteiger charge is -2.10. The first-order valence-corrected chi connectivity index (χ1v) is 13.5. The van der Waals surface area contributed by atoms with Gasteiger partial charge in [-0.2, -0.15) is 0 Å². The number of unbranched alkanes of at least 4 members (excludes halogenated alkanes) is 1. The second-order valence-electron chi connectivity index (χ2n) is 9.74. The van der Waals surface area contributed by atoms with E-state index in [1.54, 1.807) is 4.57 Å². The third-order valence-electron chi connectivity index (χ3n) is 6.62. The van der Waals surface area contributed by atoms with Crippen molar-refractivity contribution < 1.29 is 29.3 Å². The molecule has 0 aliphatic heterocycles. The molecule has 0 aliphatic rings. The summed E-state index contributed by atoms with van der Waals surface area (Å²) >= 11 is 0. The largest absolute Gasteiger partial charge is 0.494 e. The van der Waals surface area contributed by atoms with Crippen molar-refractivity contribution in [2.75, 3.05) is 13.2 Å². The molecule has 0 fully saturated rings. The van der Waals surface area contributed by atoms with Gasteiger partial charge in [-0.15, -0.1) is 0 Å². The van der Waals surface area contributed by atoms with Crippen LogP contribution in [0.3, 0.4) is 0 Å². The predicted octanol–water partition coefficient (Wildman–Crippen LogP) is 6.85. The average molecular weight is 542 g/mol. The molecular weight excluding hydrogens is 506 g/mol. The van der Waals surface area contributed by atoms with E-state index in [1.165, 1.54) is 0 Å². The number of rotatable bonds is 15. The second-order valence-corrected chi connectivity index (χ2v) is 9.74. The van der Waals surface area contributed by atoms with E-state index >= 15 is 0 Å². The lowest BCUT2D eigenvalue weighted by atomic mass is 10.0. The van der Waals surface area contributed by atoms with Crippen LogP contribution in [0.1, 0.15) is 47.9 Å². The Morgan fingerprint density at radius 3 is 2.35 bits per heavy atom. The molecular formula is C33H35NO6. The highest BCUT2D eigenvalue weighted by molar-refractivity contribution is 5.94. The van der Waals surface area contributed by atoms with Gasteiger partial charge in [0.2, 0.25) is 0 Å². The minimum Gasteiger partial charge on any atom is -0.494 e. The fraction of sp³-hybridized carbons (Fsp3) is 0.273. The van der Waals surface area contributed by atoms with Gasteiger partial charge in [0, 0.05) is 18.0 Å². The molecule has 0 atom stereocenters. The van der Waals surface area contributed by atoms with E-state index in [9.17, 15) is 14.7 Å². The van der Waals surface area contributed by atoms with Crippen LogP contribution in [0.5, 0.6) is 11.5 Å². The number of para-hydroxylation sites is 2. The molecule has 4 aromatic rings. The van der Waals surface area contributed by atoms with Gasteiger partial charge in [-0.25, -0.2) is 0 Å². The summed E-state index contributed by atoms with van der Waals surface area (Å²) in [5, 5.41) is 19.4. The van der Waals surface area contributed by atoms with E-state index in [-0.39, 0.29) is 13.0 Å². The number of nitrogens with zero attached hydrogens (tertiary/aromatic N) is 1. The SMILES string of the molecule is Cc1cc(/C=C/c2cccc3c(CCCC(=O)O)cn(CC(=O)O)c23)ccc1OCCCCOc1ccccc1. The van der Waals surface area contributed by atoms with Gasteiger partial charge in [-0.1, -0.05) is 54.6 Å². The maximum Gasteiger partial charge on any atom is 0.323 e. The molecule has 0 saturated heterocycles. The number of hydrogen-bond acceptors (Lipinski definition) is 4. The molecule has 7 heteroatoms. The molecule has 0 bridgehead atoms. The van der Waals surface area contributed by atoms with Gasteiger partial charge >= 0.3 is 11.9 Å². The zero-order valence-corrected chi connectivity index (χ0v) is 22.7. The number of aryl methyl sites for hydroxylation is 2. The first-order valence-electron chi connectivity index (χ1n) is 13.5. The van der Waals surface area contributed by atoms with Crippen molar-refractivity contribution >= 4 is 35.0 Å². The molecule has 0 aliphatic carbocycles. The average Bonchev–Trinajstić information content (AvgIpc) is 3.27. The van der Waals surface area contributed by atoms with Crippen LogP contribution >= 0.6 is 0 Å². The molecule has 1 heterocycles. The van der Waals surface area contributed by atoms with Crippen molar-refractivity contribution in [3.8, 4) is 11.5 Å². The van der Waals surface area contributed by atoms with Gasteiger partial charge in [0.25, 0.3) is 0 Å². The standard InChI is InChI=1S/C33H35NO6/c1-24-21-25(16-18-30(24)40-20-6-5-19-39-28-11-3-2-4-12-28)15-17-26-9-7-13-29-27(10-8-14-31(35)36)22-34(33(26)29)23-32(37)38/h2-4,7,9,11-13,15-18,21-22H,5-6,8,10,14,19-20,23H2,1H3,(H,35,36)(H,37,38)/b17-15+. The normalized spacial score (nSPS) is 11.2. The third-order valence-corrected chi connectivity index (χ3v) is 6.62. The molecule has 2 N–H and O–H groups in total. The van der Waals surface area contributed by atoms with Gasteiger partial charge in [-0.05, 0) is 79.1 Å². The van der Waals surface area contributed by atoms with E-state index in [1.807, 2.05) is 85.9 Å². The van der Waals surface area contributed by atoms with E-state index in [0.29, 0.717) is 26.1 Å². The number of aromatic nitrogens is 1. The highest BCUT2D eigenvalue weighted by Gasteiger charge is 2.13.